The van der Waals surface area contributed by atoms with E-state index in [0.29, 0.717) is 22.2 Å². The highest BCUT2D eigenvalue weighted by Crippen LogP contribution is 2.23. The fraction of sp³-hybridized carbons (Fsp3) is 0.353. The fourth-order valence-electron chi connectivity index (χ4n) is 2.08. The maximum absolute atomic E-state index is 12.3. The van der Waals surface area contributed by atoms with Gasteiger partial charge in [0.25, 0.3) is 5.91 Å². The molecule has 1 aromatic carbocycles. The molecule has 0 aliphatic rings. The minimum atomic E-state index is -0.970. The number of hydrogen-bond acceptors (Lipinski definition) is 5. The van der Waals surface area contributed by atoms with Crippen LogP contribution in [0.5, 0.6) is 0 Å². The quantitative estimate of drug-likeness (QED) is 0.826. The van der Waals surface area contributed by atoms with Crippen LogP contribution in [0.2, 0.25) is 5.02 Å². The maximum atomic E-state index is 12.3. The standard InChI is InChI=1S/C17H19ClN2O4/c1-9(2)15-14(10(3)20-24-15)17(22)23-11(4)16(21)19-13-7-5-12(18)6-8-13/h5-9,11H,1-4H3,(H,19,21)/t11-/m1/s1. The third-order valence-electron chi connectivity index (χ3n) is 3.38. The van der Waals surface area contributed by atoms with E-state index in [1.165, 1.54) is 6.92 Å². The van der Waals surface area contributed by atoms with Gasteiger partial charge in [-0.25, -0.2) is 4.79 Å². The normalized spacial score (nSPS) is 12.1. The van der Waals surface area contributed by atoms with Crippen LogP contribution in [0.4, 0.5) is 5.69 Å². The van der Waals surface area contributed by atoms with Crippen molar-refractivity contribution in [2.45, 2.75) is 39.7 Å². The van der Waals surface area contributed by atoms with Crippen LogP contribution in [0, 0.1) is 6.92 Å². The molecule has 1 atom stereocenters. The zero-order valence-electron chi connectivity index (χ0n) is 13.9. The fourth-order valence-corrected chi connectivity index (χ4v) is 2.21. The van der Waals surface area contributed by atoms with Crippen LogP contribution >= 0.6 is 11.6 Å². The molecule has 0 aliphatic carbocycles. The number of nitrogens with zero attached hydrogens (tertiary/aromatic N) is 1. The second kappa shape index (κ2) is 7.49. The van der Waals surface area contributed by atoms with Gasteiger partial charge in [-0.1, -0.05) is 30.6 Å². The first-order valence-corrected chi connectivity index (χ1v) is 7.91. The molecule has 6 nitrogen and oxygen atoms in total. The maximum Gasteiger partial charge on any atom is 0.344 e. The molecule has 1 heterocycles. The number of amides is 1. The molecule has 0 radical (unpaired) electrons. The number of aromatic nitrogens is 1. The predicted molar refractivity (Wildman–Crippen MR) is 90.3 cm³/mol. The number of carbonyl (C=O) groups excluding carboxylic acids is 2. The van der Waals surface area contributed by atoms with Gasteiger partial charge in [0.05, 0.1) is 5.69 Å². The number of esters is 1. The van der Waals surface area contributed by atoms with Gasteiger partial charge >= 0.3 is 5.97 Å². The molecule has 1 aromatic heterocycles. The summed E-state index contributed by atoms with van der Waals surface area (Å²) in [7, 11) is 0. The number of aryl methyl sites for hydroxylation is 1. The van der Waals surface area contributed by atoms with Crippen LogP contribution in [-0.4, -0.2) is 23.1 Å². The first kappa shape index (κ1) is 18.0. The summed E-state index contributed by atoms with van der Waals surface area (Å²) >= 11 is 5.79. The molecule has 0 unspecified atom stereocenters. The summed E-state index contributed by atoms with van der Waals surface area (Å²) in [5.74, 6) is -0.642. The Bertz CT molecular complexity index is 738. The highest BCUT2D eigenvalue weighted by atomic mass is 35.5. The van der Waals surface area contributed by atoms with Crippen molar-refractivity contribution in [3.8, 4) is 0 Å². The number of anilines is 1. The summed E-state index contributed by atoms with van der Waals surface area (Å²) in [6.45, 7) is 6.92. The monoisotopic (exact) mass is 350 g/mol. The predicted octanol–water partition coefficient (Wildman–Crippen LogP) is 3.94. The zero-order chi connectivity index (χ0) is 17.9. The largest absolute Gasteiger partial charge is 0.449 e. The van der Waals surface area contributed by atoms with Crippen molar-refractivity contribution in [2.24, 2.45) is 0 Å². The van der Waals surface area contributed by atoms with Gasteiger partial charge in [0.1, 0.15) is 5.56 Å². The van der Waals surface area contributed by atoms with Crippen molar-refractivity contribution >= 4 is 29.2 Å². The van der Waals surface area contributed by atoms with Gasteiger partial charge in [-0.2, -0.15) is 0 Å². The summed E-state index contributed by atoms with van der Waals surface area (Å²) in [5.41, 5.74) is 1.28. The van der Waals surface area contributed by atoms with Crippen molar-refractivity contribution in [3.05, 3.63) is 46.3 Å². The first-order chi connectivity index (χ1) is 11.3. The van der Waals surface area contributed by atoms with E-state index in [1.54, 1.807) is 31.2 Å². The van der Waals surface area contributed by atoms with Crippen molar-refractivity contribution in [1.29, 1.82) is 0 Å². The second-order valence-electron chi connectivity index (χ2n) is 5.71. The number of benzene rings is 1. The summed E-state index contributed by atoms with van der Waals surface area (Å²) < 4.78 is 10.4. The van der Waals surface area contributed by atoms with Gasteiger partial charge in [0, 0.05) is 16.6 Å². The van der Waals surface area contributed by atoms with E-state index >= 15 is 0 Å². The van der Waals surface area contributed by atoms with E-state index < -0.39 is 18.0 Å². The molecule has 0 saturated carbocycles. The van der Waals surface area contributed by atoms with Gasteiger partial charge in [-0.05, 0) is 38.1 Å². The molecule has 128 valence electrons. The molecule has 1 amide bonds. The van der Waals surface area contributed by atoms with Gasteiger partial charge in [0.15, 0.2) is 11.9 Å². The number of nitrogens with one attached hydrogen (secondary N) is 1. The van der Waals surface area contributed by atoms with Crippen LogP contribution in [-0.2, 0) is 9.53 Å². The average Bonchev–Trinajstić information content (AvgIpc) is 2.91. The lowest BCUT2D eigenvalue weighted by molar-refractivity contribution is -0.123. The SMILES string of the molecule is Cc1noc(C(C)C)c1C(=O)O[C@H](C)C(=O)Nc1ccc(Cl)cc1. The van der Waals surface area contributed by atoms with Crippen LogP contribution in [0.3, 0.4) is 0 Å². The third-order valence-corrected chi connectivity index (χ3v) is 3.63. The molecule has 24 heavy (non-hydrogen) atoms. The minimum absolute atomic E-state index is 0.0213. The summed E-state index contributed by atoms with van der Waals surface area (Å²) in [6.07, 6.45) is -0.970. The van der Waals surface area contributed by atoms with Crippen molar-refractivity contribution in [3.63, 3.8) is 0 Å². The molecular weight excluding hydrogens is 332 g/mol. The molecule has 0 fully saturated rings. The first-order valence-electron chi connectivity index (χ1n) is 7.53. The highest BCUT2D eigenvalue weighted by molar-refractivity contribution is 6.30. The van der Waals surface area contributed by atoms with E-state index in [0.717, 1.165) is 0 Å². The Morgan fingerprint density at radius 2 is 1.83 bits per heavy atom. The summed E-state index contributed by atoms with van der Waals surface area (Å²) in [5, 5.41) is 7.02. The van der Waals surface area contributed by atoms with E-state index in [2.05, 4.69) is 10.5 Å². The molecule has 0 spiro atoms. The number of rotatable bonds is 5. The Hall–Kier alpha value is -2.34. The molecule has 0 aliphatic heterocycles. The Morgan fingerprint density at radius 3 is 2.42 bits per heavy atom. The Balaban J connectivity index is 2.04. The molecular formula is C17H19ClN2O4. The number of hydrogen-bond donors (Lipinski definition) is 1. The lowest BCUT2D eigenvalue weighted by Gasteiger charge is -2.14. The molecule has 1 N–H and O–H groups in total. The van der Waals surface area contributed by atoms with E-state index in [9.17, 15) is 9.59 Å². The topological polar surface area (TPSA) is 81.4 Å². The lowest BCUT2D eigenvalue weighted by atomic mass is 10.1. The van der Waals surface area contributed by atoms with Crippen molar-refractivity contribution < 1.29 is 18.8 Å². The molecule has 2 aromatic rings. The van der Waals surface area contributed by atoms with Crippen molar-refractivity contribution in [2.75, 3.05) is 5.32 Å². The third kappa shape index (κ3) is 4.14. The van der Waals surface area contributed by atoms with E-state index in [-0.39, 0.29) is 11.5 Å². The lowest BCUT2D eigenvalue weighted by Crippen LogP contribution is -2.30. The van der Waals surface area contributed by atoms with E-state index in [1.807, 2.05) is 13.8 Å². The molecule has 0 bridgehead atoms. The highest BCUT2D eigenvalue weighted by Gasteiger charge is 2.27. The Morgan fingerprint density at radius 1 is 1.21 bits per heavy atom. The second-order valence-corrected chi connectivity index (χ2v) is 6.14. The Kier molecular flexibility index (Phi) is 5.62. The summed E-state index contributed by atoms with van der Waals surface area (Å²) in [4.78, 5) is 24.5. The number of ether oxygens (including phenoxy) is 1. The molecule has 7 heteroatoms. The van der Waals surface area contributed by atoms with Crippen molar-refractivity contribution in [1.82, 2.24) is 5.16 Å². The van der Waals surface area contributed by atoms with Gasteiger partial charge in [-0.3, -0.25) is 4.79 Å². The van der Waals surface area contributed by atoms with Crippen LogP contribution in [0.1, 0.15) is 48.5 Å². The Labute approximate surface area is 145 Å². The number of carbonyl (C=O) groups is 2. The van der Waals surface area contributed by atoms with Crippen LogP contribution in [0.25, 0.3) is 0 Å². The van der Waals surface area contributed by atoms with Gasteiger partial charge < -0.3 is 14.6 Å². The molecule has 0 saturated heterocycles. The minimum Gasteiger partial charge on any atom is -0.449 e. The van der Waals surface area contributed by atoms with Crippen LogP contribution in [0.15, 0.2) is 28.8 Å². The number of halogens is 1. The smallest absolute Gasteiger partial charge is 0.344 e. The molecule has 2 rings (SSSR count). The van der Waals surface area contributed by atoms with Gasteiger partial charge in [0.2, 0.25) is 0 Å². The zero-order valence-corrected chi connectivity index (χ0v) is 14.7. The summed E-state index contributed by atoms with van der Waals surface area (Å²) in [6, 6.07) is 6.64. The van der Waals surface area contributed by atoms with Gasteiger partial charge in [-0.15, -0.1) is 0 Å². The van der Waals surface area contributed by atoms with Crippen LogP contribution < -0.4 is 5.32 Å². The van der Waals surface area contributed by atoms with E-state index in [4.69, 9.17) is 20.9 Å². The average molecular weight is 351 g/mol.